The highest BCUT2D eigenvalue weighted by molar-refractivity contribution is 5.74. The van der Waals surface area contributed by atoms with Crippen LogP contribution in [0.15, 0.2) is 54.6 Å². The summed E-state index contributed by atoms with van der Waals surface area (Å²) in [5.41, 5.74) is 2.79. The molecule has 0 spiro atoms. The molecular weight excluding hydrogens is 354 g/mol. The van der Waals surface area contributed by atoms with Crippen molar-refractivity contribution in [1.82, 2.24) is 5.48 Å². The molecule has 1 aromatic rings. The molecule has 1 unspecified atom stereocenters. The lowest BCUT2D eigenvalue weighted by Crippen LogP contribution is -2.25. The predicted molar refractivity (Wildman–Crippen MR) is 108 cm³/mol. The van der Waals surface area contributed by atoms with Gasteiger partial charge in [-0.25, -0.2) is 5.48 Å². The van der Waals surface area contributed by atoms with Crippen LogP contribution in [0.1, 0.15) is 44.1 Å². The van der Waals surface area contributed by atoms with E-state index in [0.29, 0.717) is 30.8 Å². The molecule has 5 nitrogen and oxygen atoms in total. The Morgan fingerprint density at radius 1 is 1.21 bits per heavy atom. The van der Waals surface area contributed by atoms with E-state index in [2.05, 4.69) is 18.2 Å². The first-order valence-corrected chi connectivity index (χ1v) is 10.3. The molecule has 2 aliphatic rings. The number of aliphatic hydroxyl groups excluding tert-OH is 1. The predicted octanol–water partition coefficient (Wildman–Crippen LogP) is 3.56. The smallest absolute Gasteiger partial charge is 0.243 e. The number of nitrogens with one attached hydrogen (secondary N) is 1. The highest BCUT2D eigenvalue weighted by atomic mass is 16.5. The largest absolute Gasteiger partial charge is 0.389 e. The van der Waals surface area contributed by atoms with E-state index < -0.39 is 6.10 Å². The van der Waals surface area contributed by atoms with Gasteiger partial charge in [-0.1, -0.05) is 54.6 Å². The minimum Gasteiger partial charge on any atom is -0.389 e. The van der Waals surface area contributed by atoms with Crippen molar-refractivity contribution in [2.75, 3.05) is 0 Å². The second-order valence-electron chi connectivity index (χ2n) is 7.81. The number of benzene rings is 1. The third-order valence-corrected chi connectivity index (χ3v) is 5.80. The van der Waals surface area contributed by atoms with E-state index in [9.17, 15) is 9.90 Å². The molecule has 152 valence electrons. The van der Waals surface area contributed by atoms with E-state index in [-0.39, 0.29) is 12.0 Å². The van der Waals surface area contributed by atoms with Crippen molar-refractivity contribution >= 4 is 5.91 Å². The number of hydrogen-bond acceptors (Lipinski definition) is 4. The number of hydrogen-bond donors (Lipinski definition) is 3. The molecule has 1 amide bonds. The van der Waals surface area contributed by atoms with Crippen LogP contribution in [-0.4, -0.2) is 34.5 Å². The van der Waals surface area contributed by atoms with Crippen molar-refractivity contribution in [3.05, 3.63) is 60.2 Å². The minimum absolute atomic E-state index is 0.275. The van der Waals surface area contributed by atoms with E-state index in [1.165, 1.54) is 0 Å². The second-order valence-corrected chi connectivity index (χ2v) is 7.81. The summed E-state index contributed by atoms with van der Waals surface area (Å²) in [5, 5.41) is 18.9. The maximum atomic E-state index is 11.0. The van der Waals surface area contributed by atoms with Crippen LogP contribution in [-0.2, 0) is 16.0 Å². The number of aliphatic hydroxyl groups is 1. The quantitative estimate of drug-likeness (QED) is 0.249. The normalized spacial score (nSPS) is 27.6. The standard InChI is InChI=1S/C23H31NO4/c25-18(16-17-8-4-3-5-9-17)12-13-20-19(21-14-15-22(20)28-21)10-6-1-2-7-11-23(26)24-27/h1,3-6,8-9,12-13,18-22,25,27H,2,7,10-11,14-16H2,(H,24,26)/t18?,19-,20+,21-,22+/m0/s1. The monoisotopic (exact) mass is 385 g/mol. The molecule has 0 aromatic heterocycles. The van der Waals surface area contributed by atoms with E-state index >= 15 is 0 Å². The number of fused-ring (bicyclic) bond motifs is 2. The first-order valence-electron chi connectivity index (χ1n) is 10.3. The van der Waals surface area contributed by atoms with Gasteiger partial charge in [0.2, 0.25) is 5.91 Å². The summed E-state index contributed by atoms with van der Waals surface area (Å²) in [7, 11) is 0. The topological polar surface area (TPSA) is 78.8 Å². The molecule has 1 aromatic carbocycles. The van der Waals surface area contributed by atoms with Crippen LogP contribution in [0.5, 0.6) is 0 Å². The first-order chi connectivity index (χ1) is 13.7. The van der Waals surface area contributed by atoms with Crippen molar-refractivity contribution in [1.29, 1.82) is 0 Å². The molecule has 2 aliphatic heterocycles. The fourth-order valence-electron chi connectivity index (χ4n) is 4.37. The van der Waals surface area contributed by atoms with Gasteiger partial charge in [0.15, 0.2) is 0 Å². The molecule has 3 N–H and O–H groups in total. The maximum Gasteiger partial charge on any atom is 0.243 e. The van der Waals surface area contributed by atoms with Crippen LogP contribution in [0.3, 0.4) is 0 Å². The summed E-state index contributed by atoms with van der Waals surface area (Å²) in [6, 6.07) is 10.0. The Bertz CT molecular complexity index is 672. The first kappa shape index (κ1) is 20.8. The Labute approximate surface area is 167 Å². The average molecular weight is 386 g/mol. The van der Waals surface area contributed by atoms with Crippen molar-refractivity contribution in [3.63, 3.8) is 0 Å². The molecule has 5 heteroatoms. The number of unbranched alkanes of at least 4 members (excludes halogenated alkanes) is 1. The lowest BCUT2D eigenvalue weighted by Gasteiger charge is -2.25. The Balaban J connectivity index is 1.48. The van der Waals surface area contributed by atoms with Gasteiger partial charge in [-0.15, -0.1) is 0 Å². The van der Waals surface area contributed by atoms with Crippen LogP contribution in [0.2, 0.25) is 0 Å². The zero-order chi connectivity index (χ0) is 19.8. The van der Waals surface area contributed by atoms with Crippen molar-refractivity contribution in [2.45, 2.75) is 63.3 Å². The molecule has 0 radical (unpaired) electrons. The van der Waals surface area contributed by atoms with E-state index in [4.69, 9.17) is 9.94 Å². The van der Waals surface area contributed by atoms with Crippen LogP contribution in [0.4, 0.5) is 0 Å². The van der Waals surface area contributed by atoms with Gasteiger partial charge >= 0.3 is 0 Å². The molecule has 2 saturated heterocycles. The van der Waals surface area contributed by atoms with E-state index in [1.807, 2.05) is 36.4 Å². The number of hydroxylamine groups is 1. The molecule has 2 fully saturated rings. The number of ether oxygens (including phenoxy) is 1. The van der Waals surface area contributed by atoms with Crippen LogP contribution < -0.4 is 5.48 Å². The van der Waals surface area contributed by atoms with Crippen molar-refractivity contribution in [2.24, 2.45) is 11.8 Å². The minimum atomic E-state index is -0.476. The van der Waals surface area contributed by atoms with Gasteiger partial charge in [-0.2, -0.15) is 0 Å². The highest BCUT2D eigenvalue weighted by Crippen LogP contribution is 2.45. The third kappa shape index (κ3) is 5.77. The Hall–Kier alpha value is -1.95. The fourth-order valence-corrected chi connectivity index (χ4v) is 4.37. The van der Waals surface area contributed by atoms with Gasteiger partial charge in [0.25, 0.3) is 0 Å². The highest BCUT2D eigenvalue weighted by Gasteiger charge is 2.46. The molecule has 5 atom stereocenters. The van der Waals surface area contributed by atoms with Gasteiger partial charge in [-0.05, 0) is 43.6 Å². The van der Waals surface area contributed by atoms with Crippen LogP contribution in [0, 0.1) is 11.8 Å². The summed E-state index contributed by atoms with van der Waals surface area (Å²) in [6.45, 7) is 0. The number of amides is 1. The number of rotatable bonds is 10. The van der Waals surface area contributed by atoms with Gasteiger partial charge < -0.3 is 9.84 Å². The molecule has 28 heavy (non-hydrogen) atoms. The fraction of sp³-hybridized carbons (Fsp3) is 0.522. The number of allylic oxidation sites excluding steroid dienone is 2. The van der Waals surface area contributed by atoms with Gasteiger partial charge in [0, 0.05) is 18.8 Å². The van der Waals surface area contributed by atoms with E-state index in [1.54, 1.807) is 5.48 Å². The summed E-state index contributed by atoms with van der Waals surface area (Å²) in [6.07, 6.45) is 14.2. The van der Waals surface area contributed by atoms with Crippen molar-refractivity contribution < 1.29 is 19.8 Å². The van der Waals surface area contributed by atoms with Crippen molar-refractivity contribution in [3.8, 4) is 0 Å². The summed E-state index contributed by atoms with van der Waals surface area (Å²) >= 11 is 0. The molecule has 0 saturated carbocycles. The van der Waals surface area contributed by atoms with Gasteiger partial charge in [0.05, 0.1) is 18.3 Å². The number of carbonyl (C=O) groups excluding carboxylic acids is 1. The van der Waals surface area contributed by atoms with Gasteiger partial charge in [0.1, 0.15) is 0 Å². The Morgan fingerprint density at radius 3 is 2.79 bits per heavy atom. The maximum absolute atomic E-state index is 11.0. The summed E-state index contributed by atoms with van der Waals surface area (Å²) in [5.74, 6) is 0.471. The molecule has 2 bridgehead atoms. The zero-order valence-corrected chi connectivity index (χ0v) is 16.2. The third-order valence-electron chi connectivity index (χ3n) is 5.80. The summed E-state index contributed by atoms with van der Waals surface area (Å²) in [4.78, 5) is 11.0. The summed E-state index contributed by atoms with van der Waals surface area (Å²) < 4.78 is 6.12. The van der Waals surface area contributed by atoms with E-state index in [0.717, 1.165) is 37.7 Å². The van der Waals surface area contributed by atoms with Crippen LogP contribution >= 0.6 is 0 Å². The number of carbonyl (C=O) groups is 1. The average Bonchev–Trinajstić information content (AvgIpc) is 3.31. The van der Waals surface area contributed by atoms with Crippen LogP contribution in [0.25, 0.3) is 0 Å². The molecule has 3 rings (SSSR count). The molecular formula is C23H31NO4. The molecule has 0 aliphatic carbocycles. The molecule has 2 heterocycles. The Morgan fingerprint density at radius 2 is 2.00 bits per heavy atom. The SMILES string of the molecule is O=C(CCCC=CC[C@H]1[C@@H](C=CC(O)Cc2ccccc2)[C@H]2CC[C@@H]1O2)NO. The second kappa shape index (κ2) is 10.6. The van der Waals surface area contributed by atoms with Gasteiger partial charge in [-0.3, -0.25) is 10.0 Å². The Kier molecular flexibility index (Phi) is 7.83. The lowest BCUT2D eigenvalue weighted by atomic mass is 9.77. The lowest BCUT2D eigenvalue weighted by molar-refractivity contribution is -0.129. The zero-order valence-electron chi connectivity index (χ0n) is 16.2.